The molecule has 182 valence electrons. The summed E-state index contributed by atoms with van der Waals surface area (Å²) in [6.07, 6.45) is 19.5. The Morgan fingerprint density at radius 3 is 1.72 bits per heavy atom. The maximum absolute atomic E-state index is 12.4. The van der Waals surface area contributed by atoms with Crippen LogP contribution in [-0.2, 0) is 7.86 Å². The third-order valence-electron chi connectivity index (χ3n) is 5.58. The first-order valence-electron chi connectivity index (χ1n) is 12.1. The van der Waals surface area contributed by atoms with Gasteiger partial charge in [-0.25, -0.2) is 0 Å². The van der Waals surface area contributed by atoms with Gasteiger partial charge in [0.2, 0.25) is 5.91 Å². The summed E-state index contributed by atoms with van der Waals surface area (Å²) in [7, 11) is 0. The molecule has 0 heterocycles. The fourth-order valence-electron chi connectivity index (χ4n) is 3.71. The van der Waals surface area contributed by atoms with E-state index in [0.29, 0.717) is 24.5 Å². The molecule has 7 heteroatoms. The molecule has 0 atom stereocenters. The van der Waals surface area contributed by atoms with Crippen molar-refractivity contribution < 1.29 is 12.7 Å². The Labute approximate surface area is 221 Å². The van der Waals surface area contributed by atoms with Crippen LogP contribution in [-0.4, -0.2) is 11.8 Å². The third-order valence-corrected chi connectivity index (χ3v) is 9.00. The summed E-state index contributed by atoms with van der Waals surface area (Å²) in [6.45, 7) is 2.26. The van der Waals surface area contributed by atoms with E-state index in [1.807, 2.05) is 0 Å². The fourth-order valence-corrected chi connectivity index (χ4v) is 6.35. The number of carbonyl (C=O) groups is 2. The average Bonchev–Trinajstić information content (AvgIpc) is 2.75. The summed E-state index contributed by atoms with van der Waals surface area (Å²) < 4.78 is 13.3. The number of imide groups is 1. The Balaban J connectivity index is 2.04. The summed E-state index contributed by atoms with van der Waals surface area (Å²) in [4.78, 5) is 24.5. The van der Waals surface area contributed by atoms with E-state index < -0.39 is 27.1 Å². The second-order valence-electron chi connectivity index (χ2n) is 8.40. The number of rotatable bonds is 18. The second-order valence-corrected chi connectivity index (χ2v) is 11.7. The Morgan fingerprint density at radius 2 is 1.25 bits per heavy atom. The SMILES string of the molecule is CCCCCCCCCCCCCCCCCC(=O)NC(=O)c1cc(Br)cc(Br)c1I=O. The van der Waals surface area contributed by atoms with Gasteiger partial charge in [0.1, 0.15) is 0 Å². The fraction of sp³-hybridized carbons (Fsp3) is 0.680. The highest BCUT2D eigenvalue weighted by Crippen LogP contribution is 2.29. The van der Waals surface area contributed by atoms with Crippen LogP contribution in [0.1, 0.15) is 120 Å². The molecule has 32 heavy (non-hydrogen) atoms. The number of carbonyl (C=O) groups excluding carboxylic acids is 2. The van der Waals surface area contributed by atoms with Crippen molar-refractivity contribution in [2.75, 3.05) is 0 Å². The molecule has 0 saturated heterocycles. The van der Waals surface area contributed by atoms with Gasteiger partial charge in [0, 0.05) is 15.4 Å². The maximum atomic E-state index is 12.4. The highest BCUT2D eigenvalue weighted by Gasteiger charge is 2.18. The van der Waals surface area contributed by atoms with Gasteiger partial charge >= 0.3 is 0 Å². The Morgan fingerprint density at radius 1 is 0.781 bits per heavy atom. The van der Waals surface area contributed by atoms with E-state index in [1.165, 1.54) is 77.0 Å². The van der Waals surface area contributed by atoms with Gasteiger partial charge in [-0.2, -0.15) is 0 Å². The molecule has 1 rings (SSSR count). The van der Waals surface area contributed by atoms with Crippen LogP contribution in [0.4, 0.5) is 0 Å². The van der Waals surface area contributed by atoms with Crippen molar-refractivity contribution in [3.8, 4) is 0 Å². The van der Waals surface area contributed by atoms with E-state index in [-0.39, 0.29) is 5.91 Å². The van der Waals surface area contributed by atoms with Crippen LogP contribution in [0, 0.1) is 3.57 Å². The van der Waals surface area contributed by atoms with Crippen LogP contribution in [0.5, 0.6) is 0 Å². The van der Waals surface area contributed by atoms with Gasteiger partial charge in [0.05, 0.1) is 9.13 Å². The van der Waals surface area contributed by atoms with Crippen LogP contribution < -0.4 is 5.32 Å². The van der Waals surface area contributed by atoms with Crippen molar-refractivity contribution in [3.05, 3.63) is 30.2 Å². The quantitative estimate of drug-likeness (QED) is 0.0952. The number of halogens is 3. The first-order chi connectivity index (χ1) is 15.5. The zero-order chi connectivity index (χ0) is 23.6. The lowest BCUT2D eigenvalue weighted by Crippen LogP contribution is -2.30. The van der Waals surface area contributed by atoms with Crippen molar-refractivity contribution in [1.82, 2.24) is 5.32 Å². The van der Waals surface area contributed by atoms with Crippen molar-refractivity contribution in [2.24, 2.45) is 0 Å². The molecule has 0 fully saturated rings. The molecule has 1 aromatic carbocycles. The first-order valence-corrected chi connectivity index (χ1v) is 15.6. The monoisotopic (exact) mass is 685 g/mol. The van der Waals surface area contributed by atoms with Gasteiger partial charge in [-0.1, -0.05) is 113 Å². The summed E-state index contributed by atoms with van der Waals surface area (Å²) in [6, 6.07) is 3.36. The van der Waals surface area contributed by atoms with Crippen LogP contribution in [0.3, 0.4) is 0 Å². The zero-order valence-electron chi connectivity index (χ0n) is 19.3. The summed E-state index contributed by atoms with van der Waals surface area (Å²) in [5, 5.41) is 2.43. The number of hydrogen-bond donors (Lipinski definition) is 1. The molecule has 0 unspecified atom stereocenters. The highest BCUT2D eigenvalue weighted by atomic mass is 127. The molecule has 0 aliphatic carbocycles. The van der Waals surface area contributed by atoms with Crippen molar-refractivity contribution in [3.63, 3.8) is 0 Å². The van der Waals surface area contributed by atoms with Gasteiger partial charge in [-0.3, -0.25) is 18.0 Å². The normalized spacial score (nSPS) is 11.0. The third kappa shape index (κ3) is 13.5. The van der Waals surface area contributed by atoms with Crippen LogP contribution in [0.15, 0.2) is 21.1 Å². The number of hydrogen-bond acceptors (Lipinski definition) is 3. The van der Waals surface area contributed by atoms with Crippen molar-refractivity contribution in [2.45, 2.75) is 110 Å². The van der Waals surface area contributed by atoms with Gasteiger partial charge < -0.3 is 0 Å². The molecule has 0 aromatic heterocycles. The number of unbranched alkanes of at least 4 members (excludes halogenated alkanes) is 14. The molecule has 0 aliphatic rings. The van der Waals surface area contributed by atoms with Gasteiger partial charge in [-0.05, 0) is 34.5 Å². The first kappa shape index (κ1) is 29.9. The predicted octanol–water partition coefficient (Wildman–Crippen LogP) is 9.22. The van der Waals surface area contributed by atoms with Gasteiger partial charge in [0.15, 0.2) is 21.2 Å². The topological polar surface area (TPSA) is 63.2 Å². The van der Waals surface area contributed by atoms with Crippen molar-refractivity contribution in [1.29, 1.82) is 0 Å². The van der Waals surface area contributed by atoms with Crippen LogP contribution in [0.2, 0.25) is 0 Å². The lowest BCUT2D eigenvalue weighted by molar-refractivity contribution is -0.120. The molecule has 0 saturated carbocycles. The largest absolute Gasteiger partial charge is 0.292 e. The summed E-state index contributed by atoms with van der Waals surface area (Å²) in [5.74, 6) is -0.751. The van der Waals surface area contributed by atoms with E-state index in [0.717, 1.165) is 19.3 Å². The minimum absolute atomic E-state index is 0.268. The predicted molar refractivity (Wildman–Crippen MR) is 147 cm³/mol. The Hall–Kier alpha value is -0.150. The van der Waals surface area contributed by atoms with Crippen LogP contribution >= 0.6 is 53.1 Å². The second kappa shape index (κ2) is 19.2. The Kier molecular flexibility index (Phi) is 17.9. The number of benzene rings is 1. The molecule has 1 N–H and O–H groups in total. The highest BCUT2D eigenvalue weighted by molar-refractivity contribution is 14.1. The van der Waals surface area contributed by atoms with Gasteiger partial charge in [0.25, 0.3) is 5.91 Å². The molecule has 1 aromatic rings. The Bertz CT molecular complexity index is 713. The van der Waals surface area contributed by atoms with E-state index in [4.69, 9.17) is 0 Å². The lowest BCUT2D eigenvalue weighted by Gasteiger charge is -2.08. The lowest BCUT2D eigenvalue weighted by atomic mass is 10.0. The minimum atomic E-state index is -1.53. The van der Waals surface area contributed by atoms with E-state index in [9.17, 15) is 12.7 Å². The minimum Gasteiger partial charge on any atom is -0.292 e. The molecular formula is C25H38Br2INO3. The number of amides is 2. The van der Waals surface area contributed by atoms with Crippen molar-refractivity contribution >= 4 is 64.9 Å². The maximum Gasteiger partial charge on any atom is 0.259 e. The molecule has 0 radical (unpaired) electrons. The van der Waals surface area contributed by atoms with E-state index in [2.05, 4.69) is 44.1 Å². The smallest absolute Gasteiger partial charge is 0.259 e. The molecule has 0 aliphatic heterocycles. The van der Waals surface area contributed by atoms with E-state index >= 15 is 0 Å². The van der Waals surface area contributed by atoms with Crippen LogP contribution in [0.25, 0.3) is 0 Å². The molecular weight excluding hydrogens is 649 g/mol. The van der Waals surface area contributed by atoms with Gasteiger partial charge in [-0.15, -0.1) is 0 Å². The van der Waals surface area contributed by atoms with E-state index in [1.54, 1.807) is 12.1 Å². The number of nitrogens with one attached hydrogen (secondary N) is 1. The zero-order valence-corrected chi connectivity index (χ0v) is 24.7. The standard InChI is InChI=1S/C25H38Br2INO3/c1-2-3-4-5-6-7-8-9-10-11-12-13-14-15-16-17-23(30)29-25(31)21-18-20(26)19-22(27)24(21)28-32/h18-19H,2-17H2,1H3,(H,29,30,31). The summed E-state index contributed by atoms with van der Waals surface area (Å²) >= 11 is 5.13. The molecule has 0 bridgehead atoms. The summed E-state index contributed by atoms with van der Waals surface area (Å²) in [5.41, 5.74) is 0.291. The molecule has 0 spiro atoms. The average molecular weight is 687 g/mol. The molecule has 2 amide bonds. The molecule has 4 nitrogen and oxygen atoms in total.